The van der Waals surface area contributed by atoms with Crippen molar-refractivity contribution in [2.75, 3.05) is 11.1 Å². The Bertz CT molecular complexity index is 686. The topological polar surface area (TPSA) is 65.8 Å². The zero-order valence-corrected chi connectivity index (χ0v) is 14.4. The number of amides is 1. The predicted octanol–water partition coefficient (Wildman–Crippen LogP) is 4.21. The lowest BCUT2D eigenvalue weighted by atomic mass is 10.3. The molecule has 1 atom stereocenters. The average molecular weight is 343 g/mol. The average Bonchev–Trinajstić information content (AvgIpc) is 2.56. The van der Waals surface area contributed by atoms with Gasteiger partial charge in [-0.15, -0.1) is 11.8 Å². The molecule has 1 N–H and O–H groups in total. The van der Waals surface area contributed by atoms with Crippen molar-refractivity contribution in [1.29, 1.82) is 5.26 Å². The largest absolute Gasteiger partial charge is 0.324 e. The second-order valence-corrected chi connectivity index (χ2v) is 7.27. The fraction of sp³-hybridized carbons (Fsp3) is 0.235. The number of thioether (sulfide) groups is 2. The highest BCUT2D eigenvalue weighted by molar-refractivity contribution is 8.00. The summed E-state index contributed by atoms with van der Waals surface area (Å²) >= 11 is 3.00. The van der Waals surface area contributed by atoms with Crippen LogP contribution in [0, 0.1) is 11.3 Å². The van der Waals surface area contributed by atoms with E-state index in [0.29, 0.717) is 12.2 Å². The minimum absolute atomic E-state index is 0.0679. The van der Waals surface area contributed by atoms with Crippen LogP contribution in [0.5, 0.6) is 0 Å². The highest BCUT2D eigenvalue weighted by atomic mass is 32.2. The lowest BCUT2D eigenvalue weighted by Gasteiger charge is -2.13. The van der Waals surface area contributed by atoms with E-state index in [9.17, 15) is 4.79 Å². The summed E-state index contributed by atoms with van der Waals surface area (Å²) in [6.07, 6.45) is 2.19. The van der Waals surface area contributed by atoms with Gasteiger partial charge in [0, 0.05) is 22.8 Å². The van der Waals surface area contributed by atoms with Crippen molar-refractivity contribution in [3.63, 3.8) is 0 Å². The number of pyridine rings is 1. The van der Waals surface area contributed by atoms with Gasteiger partial charge in [-0.25, -0.2) is 4.98 Å². The molecule has 0 spiro atoms. The summed E-state index contributed by atoms with van der Waals surface area (Å²) in [5.41, 5.74) is 0.786. The lowest BCUT2D eigenvalue weighted by Crippen LogP contribution is -2.15. The third-order valence-electron chi connectivity index (χ3n) is 2.86. The van der Waals surface area contributed by atoms with Gasteiger partial charge in [-0.05, 0) is 24.3 Å². The molecule has 1 aromatic heterocycles. The first-order chi connectivity index (χ1) is 11.2. The molecule has 1 aromatic carbocycles. The summed E-state index contributed by atoms with van der Waals surface area (Å²) in [5.74, 6) is 0.241. The predicted molar refractivity (Wildman–Crippen MR) is 95.6 cm³/mol. The quantitative estimate of drug-likeness (QED) is 0.763. The number of hydrogen-bond acceptors (Lipinski definition) is 5. The summed E-state index contributed by atoms with van der Waals surface area (Å²) in [7, 11) is 0. The van der Waals surface area contributed by atoms with Gasteiger partial charge in [0.1, 0.15) is 0 Å². The molecule has 2 aromatic rings. The van der Waals surface area contributed by atoms with Crippen molar-refractivity contribution in [1.82, 2.24) is 4.98 Å². The minimum atomic E-state index is -0.0679. The maximum Gasteiger partial charge on any atom is 0.234 e. The van der Waals surface area contributed by atoms with Crippen LogP contribution in [0.3, 0.4) is 0 Å². The van der Waals surface area contributed by atoms with Gasteiger partial charge >= 0.3 is 0 Å². The summed E-state index contributed by atoms with van der Waals surface area (Å²) in [6.45, 7) is 2.00. The van der Waals surface area contributed by atoms with Gasteiger partial charge in [0.05, 0.1) is 22.5 Å². The number of rotatable bonds is 7. The van der Waals surface area contributed by atoms with Gasteiger partial charge in [0.2, 0.25) is 5.91 Å². The molecule has 118 valence electrons. The van der Waals surface area contributed by atoms with Crippen molar-refractivity contribution in [3.8, 4) is 6.07 Å². The molecule has 0 radical (unpaired) electrons. The molecule has 1 amide bonds. The van der Waals surface area contributed by atoms with Crippen LogP contribution in [0.25, 0.3) is 0 Å². The Hall–Kier alpha value is -1.97. The zero-order valence-electron chi connectivity index (χ0n) is 12.7. The third kappa shape index (κ3) is 5.97. The highest BCUT2D eigenvalue weighted by Crippen LogP contribution is 2.31. The minimum Gasteiger partial charge on any atom is -0.324 e. The normalized spacial score (nSPS) is 11.5. The van der Waals surface area contributed by atoms with Crippen LogP contribution in [0.2, 0.25) is 0 Å². The molecule has 0 saturated carbocycles. The van der Waals surface area contributed by atoms with Gasteiger partial charge in [0.15, 0.2) is 0 Å². The van der Waals surface area contributed by atoms with Gasteiger partial charge in [0.25, 0.3) is 0 Å². The first-order valence-corrected chi connectivity index (χ1v) is 9.02. The van der Waals surface area contributed by atoms with Crippen molar-refractivity contribution in [2.24, 2.45) is 0 Å². The fourth-order valence-electron chi connectivity index (χ4n) is 1.82. The van der Waals surface area contributed by atoms with Crippen LogP contribution in [-0.4, -0.2) is 21.9 Å². The number of carbonyl (C=O) groups excluding carboxylic acids is 1. The van der Waals surface area contributed by atoms with E-state index in [1.54, 1.807) is 18.0 Å². The van der Waals surface area contributed by atoms with Gasteiger partial charge < -0.3 is 5.32 Å². The van der Waals surface area contributed by atoms with E-state index in [0.717, 1.165) is 15.6 Å². The van der Waals surface area contributed by atoms with E-state index >= 15 is 0 Å². The molecular formula is C17H17N3OS2. The van der Waals surface area contributed by atoms with Crippen molar-refractivity contribution < 1.29 is 4.79 Å². The number of nitriles is 1. The van der Waals surface area contributed by atoms with Crippen molar-refractivity contribution in [3.05, 3.63) is 48.7 Å². The van der Waals surface area contributed by atoms with E-state index < -0.39 is 0 Å². The molecule has 0 bridgehead atoms. The number of carbonyl (C=O) groups is 1. The van der Waals surface area contributed by atoms with Crippen molar-refractivity contribution >= 4 is 35.1 Å². The van der Waals surface area contributed by atoms with E-state index in [4.69, 9.17) is 5.26 Å². The van der Waals surface area contributed by atoms with Crippen LogP contribution in [-0.2, 0) is 4.79 Å². The second kappa shape index (κ2) is 9.23. The summed E-state index contributed by atoms with van der Waals surface area (Å²) in [6, 6.07) is 15.5. The molecule has 0 saturated heterocycles. The number of hydrogen-bond donors (Lipinski definition) is 1. The Morgan fingerprint density at radius 3 is 2.83 bits per heavy atom. The first-order valence-electron chi connectivity index (χ1n) is 7.15. The van der Waals surface area contributed by atoms with Gasteiger partial charge in [-0.1, -0.05) is 36.9 Å². The van der Waals surface area contributed by atoms with Crippen LogP contribution in [0.15, 0.2) is 58.6 Å². The number of anilines is 1. The van der Waals surface area contributed by atoms with E-state index in [-0.39, 0.29) is 11.2 Å². The van der Waals surface area contributed by atoms with E-state index in [1.165, 1.54) is 11.8 Å². The SMILES string of the molecule is C[C@@H](CC#N)Sc1ccccc1NC(=O)CSc1ccccn1. The van der Waals surface area contributed by atoms with Crippen LogP contribution >= 0.6 is 23.5 Å². The standard InChI is InChI=1S/C17H17N3OS2/c1-13(9-10-18)23-15-7-3-2-6-14(15)20-16(21)12-22-17-8-4-5-11-19-17/h2-8,11,13H,9,12H2,1H3,(H,20,21)/t13-/m0/s1. The number of aromatic nitrogens is 1. The number of benzene rings is 1. The molecule has 23 heavy (non-hydrogen) atoms. The van der Waals surface area contributed by atoms with E-state index in [2.05, 4.69) is 16.4 Å². The van der Waals surface area contributed by atoms with E-state index in [1.807, 2.05) is 49.4 Å². The fourth-order valence-corrected chi connectivity index (χ4v) is 3.47. The first kappa shape index (κ1) is 17.4. The molecule has 0 unspecified atom stereocenters. The summed E-state index contributed by atoms with van der Waals surface area (Å²) < 4.78 is 0. The smallest absolute Gasteiger partial charge is 0.234 e. The Morgan fingerprint density at radius 2 is 2.09 bits per heavy atom. The Balaban J connectivity index is 1.94. The molecule has 2 rings (SSSR count). The lowest BCUT2D eigenvalue weighted by molar-refractivity contribution is -0.113. The Morgan fingerprint density at radius 1 is 1.30 bits per heavy atom. The monoisotopic (exact) mass is 343 g/mol. The van der Waals surface area contributed by atoms with Crippen LogP contribution in [0.1, 0.15) is 13.3 Å². The number of para-hydroxylation sites is 1. The molecule has 0 aliphatic carbocycles. The zero-order chi connectivity index (χ0) is 16.5. The van der Waals surface area contributed by atoms with Crippen LogP contribution < -0.4 is 5.32 Å². The molecule has 6 heteroatoms. The molecule has 0 aliphatic rings. The van der Waals surface area contributed by atoms with Gasteiger partial charge in [-0.2, -0.15) is 5.26 Å². The maximum absolute atomic E-state index is 12.1. The number of nitrogens with one attached hydrogen (secondary N) is 1. The molecule has 0 fully saturated rings. The highest BCUT2D eigenvalue weighted by Gasteiger charge is 2.11. The van der Waals surface area contributed by atoms with Crippen molar-refractivity contribution in [2.45, 2.75) is 28.5 Å². The molecule has 1 heterocycles. The van der Waals surface area contributed by atoms with Gasteiger partial charge in [-0.3, -0.25) is 4.79 Å². The summed E-state index contributed by atoms with van der Waals surface area (Å²) in [4.78, 5) is 17.3. The second-order valence-electron chi connectivity index (χ2n) is 4.79. The maximum atomic E-state index is 12.1. The summed E-state index contributed by atoms with van der Waals surface area (Å²) in [5, 5.41) is 12.7. The van der Waals surface area contributed by atoms with Crippen LogP contribution in [0.4, 0.5) is 5.69 Å². The molecule has 0 aliphatic heterocycles. The Labute approximate surface area is 144 Å². The molecule has 4 nitrogen and oxygen atoms in total. The Kier molecular flexibility index (Phi) is 6.98. The third-order valence-corrected chi connectivity index (χ3v) is 4.98. The number of nitrogens with zero attached hydrogens (tertiary/aromatic N) is 2. The molecular weight excluding hydrogens is 326 g/mol.